The Morgan fingerprint density at radius 1 is 1.56 bits per heavy atom. The fraction of sp³-hybridized carbons (Fsp3) is 0.636. The first-order valence-electron chi connectivity index (χ1n) is 5.62. The topological polar surface area (TPSA) is 56.9 Å². The number of nitriles is 1. The molecule has 0 radical (unpaired) electrons. The predicted molar refractivity (Wildman–Crippen MR) is 62.0 cm³/mol. The Kier molecular flexibility index (Phi) is 3.42. The molecule has 1 aromatic heterocycles. The van der Waals surface area contributed by atoms with Crippen molar-refractivity contribution in [3.63, 3.8) is 0 Å². The molecule has 0 aromatic carbocycles. The van der Waals surface area contributed by atoms with E-state index in [0.717, 1.165) is 18.8 Å². The van der Waals surface area contributed by atoms with Crippen molar-refractivity contribution in [2.75, 3.05) is 25.5 Å². The summed E-state index contributed by atoms with van der Waals surface area (Å²) in [5.41, 5.74) is 1.02. The van der Waals surface area contributed by atoms with Crippen molar-refractivity contribution < 1.29 is 0 Å². The van der Waals surface area contributed by atoms with E-state index >= 15 is 0 Å². The molecule has 0 spiro atoms. The fourth-order valence-electron chi connectivity index (χ4n) is 1.99. The molecular formula is C11H17N5. The zero-order valence-corrected chi connectivity index (χ0v) is 9.56. The molecule has 1 aliphatic rings. The van der Waals surface area contributed by atoms with E-state index in [2.05, 4.69) is 28.4 Å². The van der Waals surface area contributed by atoms with Crippen molar-refractivity contribution in [2.24, 2.45) is 0 Å². The van der Waals surface area contributed by atoms with Crippen molar-refractivity contribution in [2.45, 2.75) is 25.4 Å². The standard InChI is InChI=1S/C11H17N5/c1-15-5-2-10(3-6-15)14-11-8-13-16(9-11)7-4-12/h8-10,14H,2-3,5-7H2,1H3. The highest BCUT2D eigenvalue weighted by Gasteiger charge is 2.16. The van der Waals surface area contributed by atoms with Crippen LogP contribution in [0.3, 0.4) is 0 Å². The van der Waals surface area contributed by atoms with E-state index in [1.54, 1.807) is 10.9 Å². The van der Waals surface area contributed by atoms with Gasteiger partial charge >= 0.3 is 0 Å². The summed E-state index contributed by atoms with van der Waals surface area (Å²) in [5.74, 6) is 0. The Bertz CT molecular complexity index is 370. The van der Waals surface area contributed by atoms with Crippen LogP contribution in [0, 0.1) is 11.3 Å². The van der Waals surface area contributed by atoms with Crippen molar-refractivity contribution in [1.29, 1.82) is 5.26 Å². The van der Waals surface area contributed by atoms with Crippen LogP contribution in [0.15, 0.2) is 12.4 Å². The Morgan fingerprint density at radius 3 is 3.00 bits per heavy atom. The van der Waals surface area contributed by atoms with E-state index in [-0.39, 0.29) is 0 Å². The van der Waals surface area contributed by atoms with Crippen molar-refractivity contribution in [1.82, 2.24) is 14.7 Å². The van der Waals surface area contributed by atoms with Crippen LogP contribution in [-0.2, 0) is 6.54 Å². The van der Waals surface area contributed by atoms with E-state index < -0.39 is 0 Å². The molecule has 5 nitrogen and oxygen atoms in total. The molecule has 1 fully saturated rings. The van der Waals surface area contributed by atoms with Gasteiger partial charge in [-0.2, -0.15) is 10.4 Å². The lowest BCUT2D eigenvalue weighted by Gasteiger charge is -2.29. The Morgan fingerprint density at radius 2 is 2.31 bits per heavy atom. The van der Waals surface area contributed by atoms with E-state index in [1.165, 1.54) is 12.8 Å². The van der Waals surface area contributed by atoms with Crippen LogP contribution in [0.25, 0.3) is 0 Å². The minimum atomic E-state index is 0.315. The maximum Gasteiger partial charge on any atom is 0.128 e. The molecular weight excluding hydrogens is 202 g/mol. The van der Waals surface area contributed by atoms with Crippen LogP contribution in [0.1, 0.15) is 12.8 Å². The summed E-state index contributed by atoms with van der Waals surface area (Å²) in [7, 11) is 2.15. The molecule has 1 aliphatic heterocycles. The van der Waals surface area contributed by atoms with Gasteiger partial charge in [-0.05, 0) is 33.0 Å². The number of anilines is 1. The normalized spacial score (nSPS) is 18.2. The molecule has 0 aliphatic carbocycles. The second-order valence-corrected chi connectivity index (χ2v) is 4.31. The largest absolute Gasteiger partial charge is 0.380 e. The van der Waals surface area contributed by atoms with Crippen molar-refractivity contribution in [3.05, 3.63) is 12.4 Å². The van der Waals surface area contributed by atoms with Crippen LogP contribution in [0.5, 0.6) is 0 Å². The SMILES string of the molecule is CN1CCC(Nc2cnn(CC#N)c2)CC1. The van der Waals surface area contributed by atoms with Crippen LogP contribution in [-0.4, -0.2) is 40.9 Å². The van der Waals surface area contributed by atoms with Crippen molar-refractivity contribution >= 4 is 5.69 Å². The van der Waals surface area contributed by atoms with Gasteiger partial charge in [-0.3, -0.25) is 4.68 Å². The number of aromatic nitrogens is 2. The first-order valence-corrected chi connectivity index (χ1v) is 5.62. The quantitative estimate of drug-likeness (QED) is 0.821. The van der Waals surface area contributed by atoms with Gasteiger partial charge < -0.3 is 10.2 Å². The van der Waals surface area contributed by atoms with Crippen LogP contribution in [0.2, 0.25) is 0 Å². The molecule has 0 bridgehead atoms. The summed E-state index contributed by atoms with van der Waals surface area (Å²) in [5, 5.41) is 16.1. The maximum absolute atomic E-state index is 8.54. The number of nitrogens with one attached hydrogen (secondary N) is 1. The molecule has 86 valence electrons. The summed E-state index contributed by atoms with van der Waals surface area (Å²) >= 11 is 0. The minimum absolute atomic E-state index is 0.315. The average Bonchev–Trinajstić information content (AvgIpc) is 2.70. The molecule has 5 heteroatoms. The highest BCUT2D eigenvalue weighted by atomic mass is 15.3. The molecule has 0 saturated carbocycles. The van der Waals surface area contributed by atoms with Crippen LogP contribution in [0.4, 0.5) is 5.69 Å². The van der Waals surface area contributed by atoms with Gasteiger partial charge in [-0.25, -0.2) is 0 Å². The first-order chi connectivity index (χ1) is 7.78. The second kappa shape index (κ2) is 4.99. The summed E-state index contributed by atoms with van der Waals surface area (Å²) in [6.45, 7) is 2.60. The highest BCUT2D eigenvalue weighted by molar-refractivity contribution is 5.39. The Balaban J connectivity index is 1.86. The smallest absolute Gasteiger partial charge is 0.128 e. The average molecular weight is 219 g/mol. The third kappa shape index (κ3) is 2.74. The van der Waals surface area contributed by atoms with Gasteiger partial charge in [0.1, 0.15) is 6.54 Å². The summed E-state index contributed by atoms with van der Waals surface area (Å²) in [6.07, 6.45) is 6.01. The van der Waals surface area contributed by atoms with E-state index in [0.29, 0.717) is 12.6 Å². The Hall–Kier alpha value is -1.54. The number of hydrogen-bond acceptors (Lipinski definition) is 4. The molecule has 16 heavy (non-hydrogen) atoms. The van der Waals surface area contributed by atoms with Gasteiger partial charge in [0.25, 0.3) is 0 Å². The molecule has 0 amide bonds. The van der Waals surface area contributed by atoms with Gasteiger partial charge in [0.2, 0.25) is 0 Å². The summed E-state index contributed by atoms with van der Waals surface area (Å²) in [6, 6.07) is 2.61. The number of nitrogens with zero attached hydrogens (tertiary/aromatic N) is 4. The van der Waals surface area contributed by atoms with E-state index in [1.807, 2.05) is 6.20 Å². The van der Waals surface area contributed by atoms with Gasteiger partial charge in [0.15, 0.2) is 0 Å². The lowest BCUT2D eigenvalue weighted by Crippen LogP contribution is -2.36. The lowest BCUT2D eigenvalue weighted by atomic mass is 10.1. The molecule has 2 rings (SSSR count). The second-order valence-electron chi connectivity index (χ2n) is 4.31. The summed E-state index contributed by atoms with van der Waals surface area (Å²) in [4.78, 5) is 2.34. The lowest BCUT2D eigenvalue weighted by molar-refractivity contribution is 0.264. The zero-order chi connectivity index (χ0) is 11.4. The van der Waals surface area contributed by atoms with Crippen LogP contribution < -0.4 is 5.32 Å². The molecule has 1 saturated heterocycles. The fourth-order valence-corrected chi connectivity index (χ4v) is 1.99. The third-order valence-corrected chi connectivity index (χ3v) is 2.96. The molecule has 0 atom stereocenters. The third-order valence-electron chi connectivity index (χ3n) is 2.96. The van der Waals surface area contributed by atoms with Gasteiger partial charge in [-0.15, -0.1) is 0 Å². The monoisotopic (exact) mass is 219 g/mol. The van der Waals surface area contributed by atoms with Crippen LogP contribution >= 0.6 is 0 Å². The van der Waals surface area contributed by atoms with Gasteiger partial charge in [0, 0.05) is 12.2 Å². The van der Waals surface area contributed by atoms with E-state index in [4.69, 9.17) is 5.26 Å². The molecule has 1 aromatic rings. The number of rotatable bonds is 3. The summed E-state index contributed by atoms with van der Waals surface area (Å²) < 4.78 is 1.65. The van der Waals surface area contributed by atoms with Crippen molar-refractivity contribution in [3.8, 4) is 6.07 Å². The highest BCUT2D eigenvalue weighted by Crippen LogP contribution is 2.14. The molecule has 0 unspecified atom stereocenters. The molecule has 1 N–H and O–H groups in total. The van der Waals surface area contributed by atoms with E-state index in [9.17, 15) is 0 Å². The number of likely N-dealkylation sites (tertiary alicyclic amines) is 1. The van der Waals surface area contributed by atoms with Gasteiger partial charge in [0.05, 0.1) is 18.0 Å². The first kappa shape index (κ1) is 11.0. The predicted octanol–water partition coefficient (Wildman–Crippen LogP) is 0.913. The number of hydrogen-bond donors (Lipinski definition) is 1. The minimum Gasteiger partial charge on any atom is -0.380 e. The molecule has 2 heterocycles. The Labute approximate surface area is 95.7 Å². The maximum atomic E-state index is 8.54. The zero-order valence-electron chi connectivity index (χ0n) is 9.56. The van der Waals surface area contributed by atoms with Gasteiger partial charge in [-0.1, -0.05) is 0 Å². The number of piperidine rings is 1.